The Kier molecular flexibility index (Phi) is 6.42. The molecule has 0 unspecified atom stereocenters. The summed E-state index contributed by atoms with van der Waals surface area (Å²) in [6, 6.07) is 12.0. The molecular weight excluding hydrogens is 360 g/mol. The lowest BCUT2D eigenvalue weighted by molar-refractivity contribution is -0.384. The first-order valence-corrected chi connectivity index (χ1v) is 8.77. The van der Waals surface area contributed by atoms with E-state index in [1.54, 1.807) is 24.5 Å². The number of aromatic nitrogens is 3. The monoisotopic (exact) mass is 380 g/mol. The van der Waals surface area contributed by atoms with E-state index in [4.69, 9.17) is 5.11 Å². The van der Waals surface area contributed by atoms with Crippen LogP contribution in [-0.4, -0.2) is 38.1 Å². The lowest BCUT2D eigenvalue weighted by Gasteiger charge is -2.11. The van der Waals surface area contributed by atoms with Crippen LogP contribution in [0.1, 0.15) is 12.0 Å². The molecule has 0 bridgehead atoms. The number of benzene rings is 1. The smallest absolute Gasteiger partial charge is 0.269 e. The molecule has 28 heavy (non-hydrogen) atoms. The molecule has 9 nitrogen and oxygen atoms in total. The number of non-ortho nitro benzene ring substituents is 1. The molecule has 3 aromatic rings. The van der Waals surface area contributed by atoms with E-state index < -0.39 is 4.92 Å². The average Bonchev–Trinajstić information content (AvgIpc) is 2.73. The molecule has 0 aliphatic rings. The number of aliphatic hydroxyl groups excluding tert-OH is 1. The molecule has 0 radical (unpaired) electrons. The Balaban J connectivity index is 1.81. The largest absolute Gasteiger partial charge is 0.396 e. The third-order valence-electron chi connectivity index (χ3n) is 3.90. The predicted octanol–water partition coefficient (Wildman–Crippen LogP) is 2.85. The number of pyridine rings is 1. The summed E-state index contributed by atoms with van der Waals surface area (Å²) in [6.07, 6.45) is 3.98. The number of nitro benzene ring substituents is 1. The summed E-state index contributed by atoms with van der Waals surface area (Å²) in [4.78, 5) is 23.6. The van der Waals surface area contributed by atoms with Crippen molar-refractivity contribution in [1.82, 2.24) is 15.0 Å². The van der Waals surface area contributed by atoms with E-state index in [0.29, 0.717) is 37.0 Å². The zero-order valence-corrected chi connectivity index (χ0v) is 15.1. The molecule has 0 saturated carbocycles. The molecule has 0 saturated heterocycles. The van der Waals surface area contributed by atoms with Crippen LogP contribution < -0.4 is 10.6 Å². The standard InChI is InChI=1S/C19H20N6O3/c26-9-3-8-21-19-23-17(15-5-2-7-20-13-15)11-18(24-19)22-12-14-4-1-6-16(10-14)25(27)28/h1-2,4-7,10-11,13,26H,3,8-9,12H2,(H2,21,22,23,24). The van der Waals surface area contributed by atoms with Gasteiger partial charge in [0.05, 0.1) is 10.6 Å². The lowest BCUT2D eigenvalue weighted by Crippen LogP contribution is -2.10. The van der Waals surface area contributed by atoms with Gasteiger partial charge in [-0.2, -0.15) is 4.98 Å². The van der Waals surface area contributed by atoms with Crippen LogP contribution in [0.15, 0.2) is 54.9 Å². The highest BCUT2D eigenvalue weighted by molar-refractivity contribution is 5.63. The van der Waals surface area contributed by atoms with Gasteiger partial charge in [-0.15, -0.1) is 0 Å². The third kappa shape index (κ3) is 5.21. The minimum atomic E-state index is -0.419. The Hall–Kier alpha value is -3.59. The first-order chi connectivity index (χ1) is 13.7. The maximum atomic E-state index is 10.9. The van der Waals surface area contributed by atoms with Crippen molar-refractivity contribution in [3.63, 3.8) is 0 Å². The van der Waals surface area contributed by atoms with Gasteiger partial charge in [-0.25, -0.2) is 4.98 Å². The molecule has 1 aromatic carbocycles. The summed E-state index contributed by atoms with van der Waals surface area (Å²) < 4.78 is 0. The summed E-state index contributed by atoms with van der Waals surface area (Å²) in [5.74, 6) is 1.00. The van der Waals surface area contributed by atoms with E-state index in [1.807, 2.05) is 18.2 Å². The summed E-state index contributed by atoms with van der Waals surface area (Å²) in [7, 11) is 0. The molecule has 9 heteroatoms. The highest BCUT2D eigenvalue weighted by Crippen LogP contribution is 2.21. The quantitative estimate of drug-likeness (QED) is 0.294. The zero-order chi connectivity index (χ0) is 19.8. The minimum Gasteiger partial charge on any atom is -0.396 e. The van der Waals surface area contributed by atoms with Gasteiger partial charge in [0.1, 0.15) is 5.82 Å². The van der Waals surface area contributed by atoms with Crippen LogP contribution in [0.4, 0.5) is 17.5 Å². The number of nitro groups is 1. The third-order valence-corrected chi connectivity index (χ3v) is 3.90. The van der Waals surface area contributed by atoms with E-state index in [-0.39, 0.29) is 12.3 Å². The van der Waals surface area contributed by atoms with Crippen molar-refractivity contribution in [3.8, 4) is 11.3 Å². The van der Waals surface area contributed by atoms with Gasteiger partial charge < -0.3 is 15.7 Å². The Labute approximate surface area is 161 Å². The molecule has 2 aromatic heterocycles. The van der Waals surface area contributed by atoms with Crippen LogP contribution in [0.5, 0.6) is 0 Å². The van der Waals surface area contributed by atoms with Gasteiger partial charge >= 0.3 is 0 Å². The fraction of sp³-hybridized carbons (Fsp3) is 0.211. The van der Waals surface area contributed by atoms with Crippen molar-refractivity contribution in [2.24, 2.45) is 0 Å². The van der Waals surface area contributed by atoms with Crippen LogP contribution in [0.3, 0.4) is 0 Å². The first-order valence-electron chi connectivity index (χ1n) is 8.77. The molecule has 0 amide bonds. The van der Waals surface area contributed by atoms with Crippen LogP contribution in [0.2, 0.25) is 0 Å². The van der Waals surface area contributed by atoms with E-state index in [9.17, 15) is 10.1 Å². The average molecular weight is 380 g/mol. The number of rotatable bonds is 9. The van der Waals surface area contributed by atoms with Crippen molar-refractivity contribution < 1.29 is 10.0 Å². The first kappa shape index (κ1) is 19.2. The van der Waals surface area contributed by atoms with Crippen LogP contribution in [-0.2, 0) is 6.54 Å². The Morgan fingerprint density at radius 3 is 2.75 bits per heavy atom. The van der Waals surface area contributed by atoms with Gasteiger partial charge in [0, 0.05) is 55.9 Å². The Morgan fingerprint density at radius 1 is 1.11 bits per heavy atom. The molecule has 3 N–H and O–H groups in total. The molecule has 0 spiro atoms. The molecule has 0 aliphatic carbocycles. The summed E-state index contributed by atoms with van der Waals surface area (Å²) >= 11 is 0. The van der Waals surface area contributed by atoms with E-state index in [2.05, 4.69) is 25.6 Å². The zero-order valence-electron chi connectivity index (χ0n) is 15.1. The molecule has 2 heterocycles. The van der Waals surface area contributed by atoms with Crippen molar-refractivity contribution in [2.75, 3.05) is 23.8 Å². The second-order valence-electron chi connectivity index (χ2n) is 5.99. The van der Waals surface area contributed by atoms with E-state index in [0.717, 1.165) is 11.1 Å². The Bertz CT molecular complexity index is 936. The molecule has 0 atom stereocenters. The van der Waals surface area contributed by atoms with Crippen LogP contribution >= 0.6 is 0 Å². The van der Waals surface area contributed by atoms with Crippen molar-refractivity contribution in [3.05, 3.63) is 70.5 Å². The minimum absolute atomic E-state index is 0.0457. The number of hydrogen-bond acceptors (Lipinski definition) is 8. The van der Waals surface area contributed by atoms with Gasteiger partial charge in [0.15, 0.2) is 0 Å². The lowest BCUT2D eigenvalue weighted by atomic mass is 10.2. The van der Waals surface area contributed by atoms with E-state index >= 15 is 0 Å². The second kappa shape index (κ2) is 9.38. The number of nitrogens with zero attached hydrogens (tertiary/aromatic N) is 4. The Morgan fingerprint density at radius 2 is 2.00 bits per heavy atom. The highest BCUT2D eigenvalue weighted by Gasteiger charge is 2.09. The van der Waals surface area contributed by atoms with Crippen molar-refractivity contribution >= 4 is 17.5 Å². The summed E-state index contributed by atoms with van der Waals surface area (Å²) in [5, 5.41) is 26.2. The molecule has 144 valence electrons. The summed E-state index contributed by atoms with van der Waals surface area (Å²) in [5.41, 5.74) is 2.35. The van der Waals surface area contributed by atoms with Crippen molar-refractivity contribution in [2.45, 2.75) is 13.0 Å². The number of hydrogen-bond donors (Lipinski definition) is 3. The maximum Gasteiger partial charge on any atom is 0.269 e. The predicted molar refractivity (Wildman–Crippen MR) is 106 cm³/mol. The molecule has 0 fully saturated rings. The number of aliphatic hydroxyl groups is 1. The highest BCUT2D eigenvalue weighted by atomic mass is 16.6. The second-order valence-corrected chi connectivity index (χ2v) is 5.99. The van der Waals surface area contributed by atoms with Gasteiger partial charge in [-0.3, -0.25) is 15.1 Å². The maximum absolute atomic E-state index is 10.9. The fourth-order valence-corrected chi connectivity index (χ4v) is 2.53. The topological polar surface area (TPSA) is 126 Å². The van der Waals surface area contributed by atoms with Crippen LogP contribution in [0, 0.1) is 10.1 Å². The number of nitrogens with one attached hydrogen (secondary N) is 2. The molecular formula is C19H20N6O3. The van der Waals surface area contributed by atoms with Gasteiger partial charge in [-0.1, -0.05) is 12.1 Å². The molecule has 0 aliphatic heterocycles. The fourth-order valence-electron chi connectivity index (χ4n) is 2.53. The SMILES string of the molecule is O=[N+]([O-])c1cccc(CNc2cc(-c3cccnc3)nc(NCCCO)n2)c1. The van der Waals surface area contributed by atoms with E-state index in [1.165, 1.54) is 12.1 Å². The van der Waals surface area contributed by atoms with Gasteiger partial charge in [0.2, 0.25) is 5.95 Å². The normalized spacial score (nSPS) is 10.5. The van der Waals surface area contributed by atoms with Crippen molar-refractivity contribution in [1.29, 1.82) is 0 Å². The van der Waals surface area contributed by atoms with Crippen LogP contribution in [0.25, 0.3) is 11.3 Å². The van der Waals surface area contributed by atoms with Gasteiger partial charge in [0.25, 0.3) is 5.69 Å². The molecule has 3 rings (SSSR count). The summed E-state index contributed by atoms with van der Waals surface area (Å²) in [6.45, 7) is 0.992. The van der Waals surface area contributed by atoms with Gasteiger partial charge in [-0.05, 0) is 24.1 Å². The number of anilines is 2.